The van der Waals surface area contributed by atoms with E-state index in [4.69, 9.17) is 8.83 Å². The maximum Gasteiger partial charge on any atom is 0.239 e. The smallest absolute Gasteiger partial charge is 0.239 e. The van der Waals surface area contributed by atoms with E-state index in [9.17, 15) is 25.2 Å². The second kappa shape index (κ2) is 6.69. The zero-order valence-corrected chi connectivity index (χ0v) is 18.0. The monoisotopic (exact) mass is 436 g/mol. The summed E-state index contributed by atoms with van der Waals surface area (Å²) >= 11 is 0. The van der Waals surface area contributed by atoms with E-state index in [1.165, 1.54) is 17.7 Å². The van der Waals surface area contributed by atoms with Crippen LogP contribution in [-0.4, -0.2) is 20.4 Å². The van der Waals surface area contributed by atoms with Crippen molar-refractivity contribution in [2.75, 3.05) is 0 Å². The molecule has 1 aliphatic carbocycles. The molecule has 4 aromatic rings. The van der Waals surface area contributed by atoms with Gasteiger partial charge in [0.1, 0.15) is 28.1 Å². The fraction of sp³-hybridized carbons (Fsp3) is 0.320. The van der Waals surface area contributed by atoms with Crippen molar-refractivity contribution < 1.29 is 29.3 Å². The van der Waals surface area contributed by atoms with Crippen LogP contribution in [0.1, 0.15) is 39.2 Å². The second-order valence-electron chi connectivity index (χ2n) is 9.36. The van der Waals surface area contributed by atoms with Gasteiger partial charge in [-0.1, -0.05) is 25.5 Å². The largest absolute Gasteiger partial charge is 0.508 e. The fourth-order valence-corrected chi connectivity index (χ4v) is 5.10. The van der Waals surface area contributed by atoms with Gasteiger partial charge < -0.3 is 29.3 Å². The molecule has 2 aromatic carbocycles. The predicted octanol–water partition coefficient (Wildman–Crippen LogP) is 5.44. The molecule has 1 atom stereocenters. The zero-order valence-electron chi connectivity index (χ0n) is 18.0. The topological polar surface area (TPSA) is 124 Å². The number of hydrogen-bond acceptors (Lipinski definition) is 7. The van der Waals surface area contributed by atoms with E-state index < -0.39 is 11.2 Å². The third-order valence-electron chi connectivity index (χ3n) is 6.86. The number of furan rings is 1. The lowest BCUT2D eigenvalue weighted by atomic mass is 9.66. The Morgan fingerprint density at radius 3 is 2.38 bits per heavy atom. The average molecular weight is 436 g/mol. The third-order valence-corrected chi connectivity index (χ3v) is 6.86. The Morgan fingerprint density at radius 1 is 0.969 bits per heavy atom. The molecule has 1 unspecified atom stereocenters. The standard InChI is InChI=1S/C25H24O7/c1-11-5-4-6-25(2,3)14(11)9-13-19-18(10-16(28)21(13)29)32-24-22(30)20-15(27)7-12(26)8-17(20)31-23(19)24/h5,7-8,10,14,26-29H,4,6,9H2,1-3H3. The minimum Gasteiger partial charge on any atom is -0.508 e. The van der Waals surface area contributed by atoms with Crippen molar-refractivity contribution in [3.05, 3.63) is 45.6 Å². The Morgan fingerprint density at radius 2 is 1.66 bits per heavy atom. The molecule has 166 valence electrons. The van der Waals surface area contributed by atoms with Gasteiger partial charge in [0.05, 0.1) is 5.39 Å². The van der Waals surface area contributed by atoms with Crippen LogP contribution in [0.25, 0.3) is 33.1 Å². The molecule has 0 saturated heterocycles. The summed E-state index contributed by atoms with van der Waals surface area (Å²) in [6.45, 7) is 6.42. The maximum atomic E-state index is 13.1. The Bertz CT molecular complexity index is 1500. The van der Waals surface area contributed by atoms with Crippen LogP contribution in [0.4, 0.5) is 0 Å². The molecule has 7 nitrogen and oxygen atoms in total. The van der Waals surface area contributed by atoms with E-state index in [-0.39, 0.29) is 56.3 Å². The van der Waals surface area contributed by atoms with E-state index in [1.807, 2.05) is 0 Å². The van der Waals surface area contributed by atoms with Gasteiger partial charge in [0, 0.05) is 23.8 Å². The predicted molar refractivity (Wildman–Crippen MR) is 120 cm³/mol. The quantitative estimate of drug-likeness (QED) is 0.244. The van der Waals surface area contributed by atoms with E-state index in [0.29, 0.717) is 17.4 Å². The van der Waals surface area contributed by atoms with Gasteiger partial charge in [-0.15, -0.1) is 0 Å². The van der Waals surface area contributed by atoms with Gasteiger partial charge in [-0.3, -0.25) is 4.79 Å². The highest BCUT2D eigenvalue weighted by atomic mass is 16.4. The summed E-state index contributed by atoms with van der Waals surface area (Å²) in [6, 6.07) is 3.54. The van der Waals surface area contributed by atoms with Crippen LogP contribution < -0.4 is 5.43 Å². The SMILES string of the molecule is CC1=CCCC(C)(C)C1Cc1c(O)c(O)cc2oc3c(=O)c4c(O)cc(O)cc4oc3c12. The molecule has 2 aromatic heterocycles. The summed E-state index contributed by atoms with van der Waals surface area (Å²) in [5, 5.41) is 41.5. The molecule has 0 spiro atoms. The van der Waals surface area contributed by atoms with Crippen LogP contribution in [0, 0.1) is 11.3 Å². The lowest BCUT2D eigenvalue weighted by Gasteiger charge is -2.38. The molecule has 0 fully saturated rings. The average Bonchev–Trinajstić information content (AvgIpc) is 3.05. The van der Waals surface area contributed by atoms with Gasteiger partial charge in [-0.2, -0.15) is 0 Å². The highest BCUT2D eigenvalue weighted by Crippen LogP contribution is 2.48. The second-order valence-corrected chi connectivity index (χ2v) is 9.36. The van der Waals surface area contributed by atoms with Gasteiger partial charge in [-0.05, 0) is 37.5 Å². The maximum absolute atomic E-state index is 13.1. The number of phenols is 4. The minimum absolute atomic E-state index is 0.00436. The molecule has 0 amide bonds. The van der Waals surface area contributed by atoms with E-state index in [1.54, 1.807) is 0 Å². The van der Waals surface area contributed by atoms with E-state index >= 15 is 0 Å². The number of fused-ring (bicyclic) bond motifs is 4. The Labute approximate surface area is 182 Å². The number of rotatable bonds is 2. The van der Waals surface area contributed by atoms with Crippen molar-refractivity contribution in [3.8, 4) is 23.0 Å². The molecule has 0 radical (unpaired) electrons. The summed E-state index contributed by atoms with van der Waals surface area (Å²) < 4.78 is 11.7. The van der Waals surface area contributed by atoms with Crippen molar-refractivity contribution >= 4 is 33.1 Å². The van der Waals surface area contributed by atoms with Crippen molar-refractivity contribution in [3.63, 3.8) is 0 Å². The number of benzene rings is 2. The lowest BCUT2D eigenvalue weighted by molar-refractivity contribution is 0.213. The summed E-state index contributed by atoms with van der Waals surface area (Å²) in [6.07, 6.45) is 4.58. The first kappa shape index (κ1) is 20.3. The summed E-state index contributed by atoms with van der Waals surface area (Å²) in [5.74, 6) is -1.21. The van der Waals surface area contributed by atoms with E-state index in [0.717, 1.165) is 18.9 Å². The molecule has 4 N–H and O–H groups in total. The molecule has 32 heavy (non-hydrogen) atoms. The fourth-order valence-electron chi connectivity index (χ4n) is 5.10. The first-order valence-electron chi connectivity index (χ1n) is 10.5. The summed E-state index contributed by atoms with van der Waals surface area (Å²) in [4.78, 5) is 13.1. The Balaban J connectivity index is 1.86. The number of allylic oxidation sites excluding steroid dienone is 2. The lowest BCUT2D eigenvalue weighted by Crippen LogP contribution is -2.29. The summed E-state index contributed by atoms with van der Waals surface area (Å²) in [5.41, 5.74) is 1.15. The third kappa shape index (κ3) is 2.84. The van der Waals surface area contributed by atoms with Crippen LogP contribution in [0.3, 0.4) is 0 Å². The van der Waals surface area contributed by atoms with Crippen LogP contribution in [-0.2, 0) is 6.42 Å². The first-order valence-corrected chi connectivity index (χ1v) is 10.5. The van der Waals surface area contributed by atoms with Crippen molar-refractivity contribution in [2.45, 2.75) is 40.0 Å². The van der Waals surface area contributed by atoms with Crippen molar-refractivity contribution in [1.82, 2.24) is 0 Å². The van der Waals surface area contributed by atoms with Crippen LogP contribution >= 0.6 is 0 Å². The highest BCUT2D eigenvalue weighted by molar-refractivity contribution is 6.07. The van der Waals surface area contributed by atoms with Crippen molar-refractivity contribution in [1.29, 1.82) is 0 Å². The minimum atomic E-state index is -0.603. The molecule has 2 heterocycles. The van der Waals surface area contributed by atoms with Crippen LogP contribution in [0.15, 0.2) is 43.5 Å². The van der Waals surface area contributed by atoms with Crippen molar-refractivity contribution in [2.24, 2.45) is 11.3 Å². The van der Waals surface area contributed by atoms with Crippen LogP contribution in [0.5, 0.6) is 23.0 Å². The zero-order chi connectivity index (χ0) is 22.9. The molecule has 7 heteroatoms. The molecular formula is C25H24O7. The van der Waals surface area contributed by atoms with Gasteiger partial charge in [0.15, 0.2) is 17.1 Å². The Kier molecular flexibility index (Phi) is 4.25. The van der Waals surface area contributed by atoms with Crippen LogP contribution in [0.2, 0.25) is 0 Å². The number of hydrogen-bond donors (Lipinski definition) is 4. The summed E-state index contributed by atoms with van der Waals surface area (Å²) in [7, 11) is 0. The molecule has 1 aliphatic rings. The number of phenolic OH excluding ortho intramolecular Hbond substituents is 4. The molecule has 0 aliphatic heterocycles. The first-order chi connectivity index (χ1) is 15.1. The Hall–Kier alpha value is -3.61. The van der Waals surface area contributed by atoms with Gasteiger partial charge in [-0.25, -0.2) is 0 Å². The van der Waals surface area contributed by atoms with Gasteiger partial charge in [0.2, 0.25) is 11.0 Å². The van der Waals surface area contributed by atoms with E-state index in [2.05, 4.69) is 26.8 Å². The van der Waals surface area contributed by atoms with Gasteiger partial charge in [0.25, 0.3) is 0 Å². The molecule has 0 saturated carbocycles. The highest BCUT2D eigenvalue weighted by Gasteiger charge is 2.35. The van der Waals surface area contributed by atoms with Gasteiger partial charge >= 0.3 is 0 Å². The molecule has 5 rings (SSSR count). The number of aromatic hydroxyl groups is 4. The normalized spacial score (nSPS) is 18.5. The molecule has 0 bridgehead atoms. The molecular weight excluding hydrogens is 412 g/mol.